The number of amides is 1. The highest BCUT2D eigenvalue weighted by atomic mass is 35.5. The largest absolute Gasteiger partial charge is 0.481 e. The SMILES string of the molecule is CC(C)(C)OC(=O)Nc1cc(Cl)ccc1CCCC(=O)O. The number of rotatable bonds is 5. The van der Waals surface area contributed by atoms with Crippen LogP contribution >= 0.6 is 11.6 Å². The number of aryl methyl sites for hydroxylation is 1. The van der Waals surface area contributed by atoms with Gasteiger partial charge >= 0.3 is 12.1 Å². The van der Waals surface area contributed by atoms with Crippen LogP contribution in [-0.4, -0.2) is 22.8 Å². The van der Waals surface area contributed by atoms with Gasteiger partial charge in [0.2, 0.25) is 0 Å². The predicted octanol–water partition coefficient (Wildman–Crippen LogP) is 4.09. The smallest absolute Gasteiger partial charge is 0.412 e. The normalized spacial score (nSPS) is 11.0. The summed E-state index contributed by atoms with van der Waals surface area (Å²) in [5.41, 5.74) is 0.778. The Balaban J connectivity index is 2.77. The second-order valence-corrected chi connectivity index (χ2v) is 6.11. The lowest BCUT2D eigenvalue weighted by Gasteiger charge is -2.20. The van der Waals surface area contributed by atoms with Crippen molar-refractivity contribution >= 4 is 29.4 Å². The van der Waals surface area contributed by atoms with Crippen molar-refractivity contribution < 1.29 is 19.4 Å². The van der Waals surface area contributed by atoms with Gasteiger partial charge in [-0.1, -0.05) is 17.7 Å². The van der Waals surface area contributed by atoms with Crippen molar-refractivity contribution in [3.8, 4) is 0 Å². The van der Waals surface area contributed by atoms with Gasteiger partial charge in [0.1, 0.15) is 5.60 Å². The van der Waals surface area contributed by atoms with Gasteiger partial charge in [-0.15, -0.1) is 0 Å². The molecule has 0 bridgehead atoms. The molecule has 0 heterocycles. The second-order valence-electron chi connectivity index (χ2n) is 5.68. The molecule has 0 aliphatic heterocycles. The fourth-order valence-corrected chi connectivity index (χ4v) is 1.90. The van der Waals surface area contributed by atoms with Gasteiger partial charge in [-0.3, -0.25) is 10.1 Å². The number of carbonyl (C=O) groups is 2. The molecule has 0 atom stereocenters. The quantitative estimate of drug-likeness (QED) is 0.858. The molecule has 1 aromatic rings. The molecule has 6 heteroatoms. The monoisotopic (exact) mass is 313 g/mol. The number of aliphatic carboxylic acids is 1. The van der Waals surface area contributed by atoms with Crippen LogP contribution in [0.2, 0.25) is 5.02 Å². The Labute approximate surface area is 129 Å². The number of anilines is 1. The number of hydrogen-bond donors (Lipinski definition) is 2. The maximum atomic E-state index is 11.8. The zero-order chi connectivity index (χ0) is 16.0. The highest BCUT2D eigenvalue weighted by Gasteiger charge is 2.17. The maximum absolute atomic E-state index is 11.8. The third-order valence-electron chi connectivity index (χ3n) is 2.54. The molecule has 0 aromatic heterocycles. The third kappa shape index (κ3) is 6.99. The summed E-state index contributed by atoms with van der Waals surface area (Å²) >= 11 is 5.93. The minimum absolute atomic E-state index is 0.0779. The molecule has 1 amide bonds. The Morgan fingerprint density at radius 2 is 2.00 bits per heavy atom. The van der Waals surface area contributed by atoms with Crippen LogP contribution in [0.3, 0.4) is 0 Å². The van der Waals surface area contributed by atoms with Crippen LogP contribution in [0.1, 0.15) is 39.2 Å². The van der Waals surface area contributed by atoms with Crippen LogP contribution in [0.25, 0.3) is 0 Å². The van der Waals surface area contributed by atoms with E-state index in [1.807, 2.05) is 0 Å². The van der Waals surface area contributed by atoms with Crippen molar-refractivity contribution in [3.05, 3.63) is 28.8 Å². The van der Waals surface area contributed by atoms with Crippen LogP contribution in [0.5, 0.6) is 0 Å². The number of halogens is 1. The number of carboxylic acids is 1. The van der Waals surface area contributed by atoms with Gasteiger partial charge in [-0.25, -0.2) is 4.79 Å². The van der Waals surface area contributed by atoms with Gasteiger partial charge in [-0.2, -0.15) is 0 Å². The average molecular weight is 314 g/mol. The molecule has 0 saturated carbocycles. The molecule has 1 aromatic carbocycles. The minimum atomic E-state index is -0.842. The molecule has 0 radical (unpaired) electrons. The number of carbonyl (C=O) groups excluding carboxylic acids is 1. The highest BCUT2D eigenvalue weighted by Crippen LogP contribution is 2.23. The van der Waals surface area contributed by atoms with Crippen molar-refractivity contribution in [3.63, 3.8) is 0 Å². The molecule has 1 rings (SSSR count). The summed E-state index contributed by atoms with van der Waals surface area (Å²) in [5, 5.41) is 11.8. The molecule has 0 spiro atoms. The Kier molecular flexibility index (Phi) is 6.03. The molecule has 116 valence electrons. The summed E-state index contributed by atoms with van der Waals surface area (Å²) in [7, 11) is 0. The van der Waals surface area contributed by atoms with Crippen LogP contribution < -0.4 is 5.32 Å². The summed E-state index contributed by atoms with van der Waals surface area (Å²) in [4.78, 5) is 22.4. The minimum Gasteiger partial charge on any atom is -0.481 e. The summed E-state index contributed by atoms with van der Waals surface area (Å²) in [6.45, 7) is 5.33. The van der Waals surface area contributed by atoms with E-state index in [-0.39, 0.29) is 6.42 Å². The Bertz CT molecular complexity index is 523. The number of hydrogen-bond acceptors (Lipinski definition) is 3. The van der Waals surface area contributed by atoms with E-state index in [0.29, 0.717) is 23.6 Å². The third-order valence-corrected chi connectivity index (χ3v) is 2.78. The fraction of sp³-hybridized carbons (Fsp3) is 0.467. The van der Waals surface area contributed by atoms with E-state index in [4.69, 9.17) is 21.4 Å². The molecular weight excluding hydrogens is 294 g/mol. The van der Waals surface area contributed by atoms with Gasteiger partial charge in [-0.05, 0) is 51.3 Å². The lowest BCUT2D eigenvalue weighted by molar-refractivity contribution is -0.137. The molecule has 21 heavy (non-hydrogen) atoms. The number of carboxylic acid groups (broad SMARTS) is 1. The predicted molar refractivity (Wildman–Crippen MR) is 81.9 cm³/mol. The molecule has 0 saturated heterocycles. The standard InChI is InChI=1S/C15H20ClNO4/c1-15(2,3)21-14(20)17-12-9-11(16)8-7-10(12)5-4-6-13(18)19/h7-9H,4-6H2,1-3H3,(H,17,20)(H,18,19). The topological polar surface area (TPSA) is 75.6 Å². The van der Waals surface area contributed by atoms with E-state index in [1.54, 1.807) is 39.0 Å². The molecule has 0 unspecified atom stereocenters. The van der Waals surface area contributed by atoms with Crippen molar-refractivity contribution in [2.24, 2.45) is 0 Å². The van der Waals surface area contributed by atoms with Crippen molar-refractivity contribution in [2.75, 3.05) is 5.32 Å². The average Bonchev–Trinajstić information content (AvgIpc) is 2.29. The van der Waals surface area contributed by atoms with Crippen LogP contribution in [0.4, 0.5) is 10.5 Å². The fourth-order valence-electron chi connectivity index (χ4n) is 1.73. The number of ether oxygens (including phenoxy) is 1. The van der Waals surface area contributed by atoms with Crippen LogP contribution in [0, 0.1) is 0 Å². The molecule has 0 fully saturated rings. The van der Waals surface area contributed by atoms with Gasteiger partial charge in [0.25, 0.3) is 0 Å². The van der Waals surface area contributed by atoms with Crippen molar-refractivity contribution in [1.29, 1.82) is 0 Å². The van der Waals surface area contributed by atoms with Gasteiger partial charge in [0.15, 0.2) is 0 Å². The molecule has 0 aliphatic rings. The van der Waals surface area contributed by atoms with Crippen LogP contribution in [0.15, 0.2) is 18.2 Å². The van der Waals surface area contributed by atoms with E-state index < -0.39 is 17.7 Å². The lowest BCUT2D eigenvalue weighted by atomic mass is 10.1. The zero-order valence-electron chi connectivity index (χ0n) is 12.4. The molecule has 2 N–H and O–H groups in total. The number of nitrogens with one attached hydrogen (secondary N) is 1. The van der Waals surface area contributed by atoms with E-state index in [0.717, 1.165) is 5.56 Å². The Hall–Kier alpha value is -1.75. The second kappa shape index (κ2) is 7.31. The van der Waals surface area contributed by atoms with E-state index in [2.05, 4.69) is 5.32 Å². The molecular formula is C15H20ClNO4. The maximum Gasteiger partial charge on any atom is 0.412 e. The van der Waals surface area contributed by atoms with Gasteiger partial charge in [0, 0.05) is 17.1 Å². The van der Waals surface area contributed by atoms with Crippen molar-refractivity contribution in [1.82, 2.24) is 0 Å². The highest BCUT2D eigenvalue weighted by molar-refractivity contribution is 6.31. The van der Waals surface area contributed by atoms with E-state index >= 15 is 0 Å². The van der Waals surface area contributed by atoms with Crippen molar-refractivity contribution in [2.45, 2.75) is 45.6 Å². The first-order chi connectivity index (χ1) is 9.67. The van der Waals surface area contributed by atoms with Gasteiger partial charge in [0.05, 0.1) is 0 Å². The zero-order valence-corrected chi connectivity index (χ0v) is 13.2. The first-order valence-electron chi connectivity index (χ1n) is 6.67. The number of benzene rings is 1. The van der Waals surface area contributed by atoms with Gasteiger partial charge < -0.3 is 9.84 Å². The summed E-state index contributed by atoms with van der Waals surface area (Å²) in [6.07, 6.45) is 0.535. The lowest BCUT2D eigenvalue weighted by Crippen LogP contribution is -2.27. The first kappa shape index (κ1) is 17.3. The molecule has 0 aliphatic carbocycles. The van der Waals surface area contributed by atoms with E-state index in [1.165, 1.54) is 0 Å². The Morgan fingerprint density at radius 3 is 2.57 bits per heavy atom. The van der Waals surface area contributed by atoms with Crippen LogP contribution in [-0.2, 0) is 16.0 Å². The van der Waals surface area contributed by atoms with E-state index in [9.17, 15) is 9.59 Å². The first-order valence-corrected chi connectivity index (χ1v) is 7.05. The Morgan fingerprint density at radius 1 is 1.33 bits per heavy atom. The molecule has 5 nitrogen and oxygen atoms in total. The summed E-state index contributed by atoms with van der Waals surface area (Å²) in [5.74, 6) is -0.842. The summed E-state index contributed by atoms with van der Waals surface area (Å²) < 4.78 is 5.19. The summed E-state index contributed by atoms with van der Waals surface area (Å²) in [6, 6.07) is 5.11.